The van der Waals surface area contributed by atoms with Gasteiger partial charge < -0.3 is 14.9 Å². The van der Waals surface area contributed by atoms with E-state index in [0.29, 0.717) is 12.6 Å². The van der Waals surface area contributed by atoms with Crippen LogP contribution in [-0.4, -0.2) is 85.5 Å². The number of hydrogen-bond donors (Lipinski definition) is 1. The summed E-state index contributed by atoms with van der Waals surface area (Å²) in [5.41, 5.74) is 2.59. The summed E-state index contributed by atoms with van der Waals surface area (Å²) < 4.78 is 0. The molecule has 1 unspecified atom stereocenters. The first-order chi connectivity index (χ1) is 16.7. The Kier molecular flexibility index (Phi) is 10.4. The van der Waals surface area contributed by atoms with E-state index in [1.807, 2.05) is 0 Å². The van der Waals surface area contributed by atoms with Crippen molar-refractivity contribution < 1.29 is 19.5 Å². The van der Waals surface area contributed by atoms with Crippen LogP contribution in [0.5, 0.6) is 0 Å². The third-order valence-corrected chi connectivity index (χ3v) is 8.57. The van der Waals surface area contributed by atoms with Crippen LogP contribution >= 0.6 is 7.92 Å². The van der Waals surface area contributed by atoms with Crippen LogP contribution in [0.3, 0.4) is 0 Å². The molecule has 1 aliphatic heterocycles. The lowest BCUT2D eigenvalue weighted by Gasteiger charge is -2.23. The molecule has 0 spiro atoms. The average Bonchev–Trinajstić information content (AvgIpc) is 3.15. The molecule has 190 valence electrons. The Morgan fingerprint density at radius 3 is 1.66 bits per heavy atom. The van der Waals surface area contributed by atoms with Crippen molar-refractivity contribution in [1.29, 1.82) is 0 Å². The molecule has 2 aromatic rings. The fourth-order valence-electron chi connectivity index (χ4n) is 3.89. The van der Waals surface area contributed by atoms with Crippen molar-refractivity contribution >= 4 is 30.3 Å². The summed E-state index contributed by atoms with van der Waals surface area (Å²) in [4.78, 5) is 33.3. The van der Waals surface area contributed by atoms with E-state index in [-0.39, 0.29) is 12.8 Å². The third-order valence-electron chi connectivity index (χ3n) is 6.02. The van der Waals surface area contributed by atoms with Gasteiger partial charge in [0.2, 0.25) is 0 Å². The number of carbonyl (C=O) groups excluding carboxylic acids is 2. The Morgan fingerprint density at radius 2 is 1.26 bits per heavy atom. The highest BCUT2D eigenvalue weighted by Gasteiger charge is 2.32. The minimum absolute atomic E-state index is 0.138. The van der Waals surface area contributed by atoms with Gasteiger partial charge in [0, 0.05) is 32.4 Å². The van der Waals surface area contributed by atoms with Crippen LogP contribution in [0.15, 0.2) is 48.5 Å². The molecule has 0 bridgehead atoms. The number of hydroxylamine groups is 2. The van der Waals surface area contributed by atoms with Crippen LogP contribution in [0.2, 0.25) is 0 Å². The molecular weight excluding hydrogens is 461 g/mol. The Hall–Kier alpha value is -2.15. The summed E-state index contributed by atoms with van der Waals surface area (Å²) in [5.74, 6) is -0.782. The monoisotopic (exact) mass is 499 g/mol. The number of amides is 2. The lowest BCUT2D eigenvalue weighted by Crippen LogP contribution is -2.34. The van der Waals surface area contributed by atoms with E-state index in [0.717, 1.165) is 31.0 Å². The Morgan fingerprint density at radius 1 is 0.829 bits per heavy atom. The maximum Gasteiger partial charge on any atom is 0.254 e. The summed E-state index contributed by atoms with van der Waals surface area (Å²) in [5, 5.41) is 13.6. The first-order valence-electron chi connectivity index (χ1n) is 12.2. The smallest absolute Gasteiger partial charge is 0.254 e. The summed E-state index contributed by atoms with van der Waals surface area (Å²) >= 11 is 0. The number of benzene rings is 2. The lowest BCUT2D eigenvalue weighted by molar-refractivity contribution is -0.244. The number of carbonyl (C=O) groups is 2. The van der Waals surface area contributed by atoms with Gasteiger partial charge in [-0.1, -0.05) is 48.5 Å². The van der Waals surface area contributed by atoms with Gasteiger partial charge in [0.05, 0.1) is 0 Å². The van der Waals surface area contributed by atoms with Crippen LogP contribution < -0.4 is 10.6 Å². The van der Waals surface area contributed by atoms with E-state index >= 15 is 0 Å². The number of likely N-dealkylation sites (N-methyl/N-ethyl adjacent to an activating group) is 2. The molecule has 8 heteroatoms. The Bertz CT molecular complexity index is 892. The predicted molar refractivity (Wildman–Crippen MR) is 141 cm³/mol. The predicted octanol–water partition coefficient (Wildman–Crippen LogP) is 2.12. The summed E-state index contributed by atoms with van der Waals surface area (Å²) in [6, 6.07) is 17.5. The molecule has 1 N–H and O–H groups in total. The zero-order chi connectivity index (χ0) is 25.4. The molecule has 0 aromatic heterocycles. The normalized spacial score (nSPS) is 15.1. The second kappa shape index (κ2) is 13.2. The average molecular weight is 500 g/mol. The molecule has 1 saturated heterocycles. The molecule has 1 atom stereocenters. The molecule has 7 nitrogen and oxygen atoms in total. The topological polar surface area (TPSA) is 73.3 Å². The van der Waals surface area contributed by atoms with Crippen molar-refractivity contribution in [2.45, 2.75) is 38.4 Å². The number of aliphatic hydroxyl groups excluding tert-OH is 1. The minimum atomic E-state index is -1.20. The zero-order valence-corrected chi connectivity index (χ0v) is 22.2. The van der Waals surface area contributed by atoms with Gasteiger partial charge in [-0.15, -0.1) is 0 Å². The molecule has 1 aliphatic rings. The van der Waals surface area contributed by atoms with Gasteiger partial charge >= 0.3 is 0 Å². The fourth-order valence-corrected chi connectivity index (χ4v) is 6.20. The molecule has 1 fully saturated rings. The van der Waals surface area contributed by atoms with Crippen LogP contribution in [0.25, 0.3) is 0 Å². The van der Waals surface area contributed by atoms with Crippen molar-refractivity contribution in [2.75, 3.05) is 47.4 Å². The second-order valence-corrected chi connectivity index (χ2v) is 11.9. The number of aliphatic hydroxyl groups is 1. The molecule has 0 aliphatic carbocycles. The minimum Gasteiger partial charge on any atom is -0.366 e. The van der Waals surface area contributed by atoms with Gasteiger partial charge in [0.25, 0.3) is 11.8 Å². The highest BCUT2D eigenvalue weighted by molar-refractivity contribution is 7.73. The standard InChI is InChI=1S/C27H38N3O4P/c1-28(2)18-15-21-5-9-23(10-6-21)35(24-11-7-22(8-12-24)16-19-29(3)4)20-17-27(33)34-30-25(31)13-14-26(30)32/h5-12,27,33H,13-20H2,1-4H3. The molecule has 0 saturated carbocycles. The van der Waals surface area contributed by atoms with Gasteiger partial charge in [-0.05, 0) is 76.9 Å². The van der Waals surface area contributed by atoms with E-state index in [1.165, 1.54) is 21.7 Å². The first kappa shape index (κ1) is 27.4. The van der Waals surface area contributed by atoms with Crippen molar-refractivity contribution in [2.24, 2.45) is 0 Å². The number of hydrogen-bond acceptors (Lipinski definition) is 6. The van der Waals surface area contributed by atoms with Gasteiger partial charge in [-0.25, -0.2) is 4.84 Å². The van der Waals surface area contributed by atoms with E-state index < -0.39 is 26.0 Å². The Labute approximate surface area is 210 Å². The highest BCUT2D eigenvalue weighted by atomic mass is 31.1. The lowest BCUT2D eigenvalue weighted by atomic mass is 10.1. The van der Waals surface area contributed by atoms with E-state index in [4.69, 9.17) is 4.84 Å². The molecule has 1 heterocycles. The van der Waals surface area contributed by atoms with Crippen molar-refractivity contribution in [3.8, 4) is 0 Å². The fraction of sp³-hybridized carbons (Fsp3) is 0.481. The number of nitrogens with zero attached hydrogens (tertiary/aromatic N) is 3. The van der Waals surface area contributed by atoms with Gasteiger partial charge in [0.1, 0.15) is 0 Å². The van der Waals surface area contributed by atoms with Crippen molar-refractivity contribution in [1.82, 2.24) is 14.9 Å². The van der Waals surface area contributed by atoms with E-state index in [1.54, 1.807) is 0 Å². The van der Waals surface area contributed by atoms with Gasteiger partial charge in [-0.2, -0.15) is 5.06 Å². The molecular formula is C27H38N3O4P. The van der Waals surface area contributed by atoms with Crippen LogP contribution in [0.1, 0.15) is 30.4 Å². The van der Waals surface area contributed by atoms with Gasteiger partial charge in [0.15, 0.2) is 6.29 Å². The summed E-state index contributed by atoms with van der Waals surface area (Å²) in [6.45, 7) is 2.00. The molecule has 2 aromatic carbocycles. The zero-order valence-electron chi connectivity index (χ0n) is 21.3. The third kappa shape index (κ3) is 8.48. The number of imide groups is 1. The van der Waals surface area contributed by atoms with E-state index in [2.05, 4.69) is 86.5 Å². The summed E-state index contributed by atoms with van der Waals surface area (Å²) in [6.07, 6.45) is 2.07. The van der Waals surface area contributed by atoms with Gasteiger partial charge in [-0.3, -0.25) is 9.59 Å². The van der Waals surface area contributed by atoms with Crippen LogP contribution in [-0.2, 0) is 27.3 Å². The molecule has 3 rings (SSSR count). The van der Waals surface area contributed by atoms with E-state index in [9.17, 15) is 14.7 Å². The SMILES string of the molecule is CN(C)CCc1ccc(P(CCC(O)ON2C(=O)CCC2=O)c2ccc(CCN(C)C)cc2)cc1. The van der Waals surface area contributed by atoms with Crippen molar-refractivity contribution in [3.63, 3.8) is 0 Å². The largest absolute Gasteiger partial charge is 0.366 e. The maximum atomic E-state index is 11.8. The second-order valence-electron chi connectivity index (χ2n) is 9.52. The van der Waals surface area contributed by atoms with Crippen molar-refractivity contribution in [3.05, 3.63) is 59.7 Å². The maximum absolute atomic E-state index is 11.8. The molecule has 0 radical (unpaired) electrons. The summed E-state index contributed by atoms with van der Waals surface area (Å²) in [7, 11) is 7.56. The van der Waals surface area contributed by atoms with Crippen LogP contribution in [0, 0.1) is 0 Å². The first-order valence-corrected chi connectivity index (χ1v) is 13.7. The quantitative estimate of drug-likeness (QED) is 0.259. The Balaban J connectivity index is 1.72. The number of rotatable bonds is 13. The highest BCUT2D eigenvalue weighted by Crippen LogP contribution is 2.35. The molecule has 35 heavy (non-hydrogen) atoms. The molecule has 2 amide bonds. The van der Waals surface area contributed by atoms with Crippen LogP contribution in [0.4, 0.5) is 0 Å².